The van der Waals surface area contributed by atoms with Gasteiger partial charge in [-0.2, -0.15) is 0 Å². The first-order chi connectivity index (χ1) is 12.8. The van der Waals surface area contributed by atoms with Crippen molar-refractivity contribution in [2.45, 2.75) is 12.8 Å². The van der Waals surface area contributed by atoms with Crippen molar-refractivity contribution in [1.29, 1.82) is 0 Å². The van der Waals surface area contributed by atoms with Crippen molar-refractivity contribution in [2.75, 3.05) is 29.9 Å². The van der Waals surface area contributed by atoms with Gasteiger partial charge in [0.25, 0.3) is 5.91 Å². The van der Waals surface area contributed by atoms with Crippen molar-refractivity contribution >= 4 is 17.3 Å². The average Bonchev–Trinajstić information content (AvgIpc) is 3.11. The van der Waals surface area contributed by atoms with Gasteiger partial charge in [-0.3, -0.25) is 9.78 Å². The number of aromatic nitrogens is 1. The molecule has 6 nitrogen and oxygen atoms in total. The first-order valence-corrected chi connectivity index (χ1v) is 8.32. The molecule has 0 spiro atoms. The Kier molecular flexibility index (Phi) is 5.50. The Balaban J connectivity index is 1.65. The molecule has 3 rings (SSSR count). The molecular formula is C18H18F3N3O3. The number of rotatable bonds is 5. The SMILES string of the molecule is O=C(Nc1ccc(OC(F)(F)F)cc1)c1cncc(N2CCC(CO)C2)c1. The lowest BCUT2D eigenvalue weighted by Crippen LogP contribution is -2.21. The van der Waals surface area contributed by atoms with E-state index in [2.05, 4.69) is 15.0 Å². The maximum atomic E-state index is 12.4. The molecular weight excluding hydrogens is 363 g/mol. The molecule has 0 saturated carbocycles. The number of ether oxygens (including phenoxy) is 1. The molecule has 9 heteroatoms. The molecule has 2 heterocycles. The summed E-state index contributed by atoms with van der Waals surface area (Å²) in [5, 5.41) is 11.9. The van der Waals surface area contributed by atoms with Crippen LogP contribution in [0, 0.1) is 5.92 Å². The molecule has 2 N–H and O–H groups in total. The van der Waals surface area contributed by atoms with Crippen molar-refractivity contribution in [3.8, 4) is 5.75 Å². The summed E-state index contributed by atoms with van der Waals surface area (Å²) >= 11 is 0. The molecule has 1 aliphatic heterocycles. The summed E-state index contributed by atoms with van der Waals surface area (Å²) in [4.78, 5) is 18.5. The monoisotopic (exact) mass is 381 g/mol. The number of anilines is 2. The number of alkyl halides is 3. The van der Waals surface area contributed by atoms with Crippen molar-refractivity contribution in [2.24, 2.45) is 5.92 Å². The fourth-order valence-corrected chi connectivity index (χ4v) is 2.88. The van der Waals surface area contributed by atoms with Gasteiger partial charge in [-0.15, -0.1) is 13.2 Å². The van der Waals surface area contributed by atoms with Crippen molar-refractivity contribution < 1.29 is 27.8 Å². The van der Waals surface area contributed by atoms with Crippen LogP contribution in [-0.2, 0) is 0 Å². The van der Waals surface area contributed by atoms with Gasteiger partial charge in [-0.1, -0.05) is 0 Å². The number of amides is 1. The lowest BCUT2D eigenvalue weighted by atomic mass is 10.1. The maximum Gasteiger partial charge on any atom is 0.573 e. The molecule has 0 radical (unpaired) electrons. The smallest absolute Gasteiger partial charge is 0.406 e. The van der Waals surface area contributed by atoms with Gasteiger partial charge in [0.1, 0.15) is 5.75 Å². The molecule has 1 saturated heterocycles. The summed E-state index contributed by atoms with van der Waals surface area (Å²) in [5.74, 6) is -0.580. The number of carbonyl (C=O) groups is 1. The Morgan fingerprint density at radius 2 is 2.04 bits per heavy atom. The molecule has 1 aliphatic rings. The Bertz CT molecular complexity index is 796. The molecule has 27 heavy (non-hydrogen) atoms. The number of benzene rings is 1. The third-order valence-corrected chi connectivity index (χ3v) is 4.24. The summed E-state index contributed by atoms with van der Waals surface area (Å²) in [7, 11) is 0. The fourth-order valence-electron chi connectivity index (χ4n) is 2.88. The standard InChI is InChI=1S/C18H18F3N3O3/c19-18(20,21)27-16-3-1-14(2-4-16)23-17(26)13-7-15(9-22-8-13)24-6-5-12(10-24)11-25/h1-4,7-9,12,25H,5-6,10-11H2,(H,23,26). The van der Waals surface area contributed by atoms with Crippen LogP contribution in [0.2, 0.25) is 0 Å². The van der Waals surface area contributed by atoms with Crippen molar-refractivity contribution in [1.82, 2.24) is 4.98 Å². The summed E-state index contributed by atoms with van der Waals surface area (Å²) in [6.45, 7) is 1.60. The highest BCUT2D eigenvalue weighted by molar-refractivity contribution is 6.04. The minimum Gasteiger partial charge on any atom is -0.406 e. The first-order valence-electron chi connectivity index (χ1n) is 8.32. The quantitative estimate of drug-likeness (QED) is 0.833. The van der Waals surface area contributed by atoms with Gasteiger partial charge in [0.2, 0.25) is 0 Å². The van der Waals surface area contributed by atoms with Gasteiger partial charge in [0, 0.05) is 37.5 Å². The zero-order valence-corrected chi connectivity index (χ0v) is 14.2. The maximum absolute atomic E-state index is 12.4. The van der Waals surface area contributed by atoms with Gasteiger partial charge in [0.05, 0.1) is 17.4 Å². The number of halogens is 3. The van der Waals surface area contributed by atoms with E-state index in [-0.39, 0.29) is 18.3 Å². The van der Waals surface area contributed by atoms with Crippen molar-refractivity contribution in [3.63, 3.8) is 0 Å². The highest BCUT2D eigenvalue weighted by Crippen LogP contribution is 2.25. The normalized spacial score (nSPS) is 17.0. The zero-order valence-electron chi connectivity index (χ0n) is 14.2. The molecule has 1 aromatic carbocycles. The van der Waals surface area contributed by atoms with E-state index >= 15 is 0 Å². The van der Waals surface area contributed by atoms with Gasteiger partial charge in [0.15, 0.2) is 0 Å². The molecule has 1 atom stereocenters. The molecule has 0 aliphatic carbocycles. The van der Waals surface area contributed by atoms with E-state index in [0.717, 1.165) is 30.8 Å². The van der Waals surface area contributed by atoms with Crippen LogP contribution in [0.5, 0.6) is 5.75 Å². The van der Waals surface area contributed by atoms with E-state index in [4.69, 9.17) is 0 Å². The van der Waals surface area contributed by atoms with Crippen LogP contribution >= 0.6 is 0 Å². The molecule has 0 bridgehead atoms. The van der Waals surface area contributed by atoms with Crippen LogP contribution in [0.1, 0.15) is 16.8 Å². The Morgan fingerprint density at radius 3 is 2.67 bits per heavy atom. The number of aliphatic hydroxyl groups excluding tert-OH is 1. The van der Waals surface area contributed by atoms with Crippen LogP contribution in [0.3, 0.4) is 0 Å². The molecule has 144 valence electrons. The second-order valence-corrected chi connectivity index (χ2v) is 6.24. The number of nitrogens with one attached hydrogen (secondary N) is 1. The number of aliphatic hydroxyl groups is 1. The summed E-state index contributed by atoms with van der Waals surface area (Å²) < 4.78 is 40.3. The summed E-state index contributed by atoms with van der Waals surface area (Å²) in [6.07, 6.45) is -0.819. The largest absolute Gasteiger partial charge is 0.573 e. The third kappa shape index (κ3) is 5.10. The van der Waals surface area contributed by atoms with E-state index in [1.165, 1.54) is 18.3 Å². The predicted molar refractivity (Wildman–Crippen MR) is 92.7 cm³/mol. The number of carbonyl (C=O) groups excluding carboxylic acids is 1. The van der Waals surface area contributed by atoms with Crippen LogP contribution in [0.4, 0.5) is 24.5 Å². The van der Waals surface area contributed by atoms with Crippen LogP contribution in [0.25, 0.3) is 0 Å². The van der Waals surface area contributed by atoms with Gasteiger partial charge in [-0.05, 0) is 36.8 Å². The predicted octanol–water partition coefficient (Wildman–Crippen LogP) is 3.05. The summed E-state index contributed by atoms with van der Waals surface area (Å²) in [5.41, 5.74) is 1.45. The number of nitrogens with zero attached hydrogens (tertiary/aromatic N) is 2. The van der Waals surface area contributed by atoms with E-state index < -0.39 is 12.3 Å². The highest BCUT2D eigenvalue weighted by Gasteiger charge is 2.31. The van der Waals surface area contributed by atoms with Crippen LogP contribution in [0.15, 0.2) is 42.7 Å². The van der Waals surface area contributed by atoms with Crippen LogP contribution < -0.4 is 15.0 Å². The Labute approximate surface area is 153 Å². The van der Waals surface area contributed by atoms with Gasteiger partial charge in [-0.25, -0.2) is 0 Å². The topological polar surface area (TPSA) is 74.7 Å². The van der Waals surface area contributed by atoms with E-state index in [0.29, 0.717) is 17.8 Å². The molecule has 1 unspecified atom stereocenters. The van der Waals surface area contributed by atoms with E-state index in [9.17, 15) is 23.1 Å². The Hall–Kier alpha value is -2.81. The fraction of sp³-hybridized carbons (Fsp3) is 0.333. The molecule has 2 aromatic rings. The number of hydrogen-bond donors (Lipinski definition) is 2. The first kappa shape index (κ1) is 19.0. The lowest BCUT2D eigenvalue weighted by Gasteiger charge is -2.18. The molecule has 1 amide bonds. The van der Waals surface area contributed by atoms with Gasteiger partial charge >= 0.3 is 6.36 Å². The number of hydrogen-bond acceptors (Lipinski definition) is 5. The second-order valence-electron chi connectivity index (χ2n) is 6.24. The van der Waals surface area contributed by atoms with E-state index in [1.807, 2.05) is 4.90 Å². The highest BCUT2D eigenvalue weighted by atomic mass is 19.4. The lowest BCUT2D eigenvalue weighted by molar-refractivity contribution is -0.274. The average molecular weight is 381 g/mol. The van der Waals surface area contributed by atoms with E-state index in [1.54, 1.807) is 12.3 Å². The van der Waals surface area contributed by atoms with Gasteiger partial charge < -0.3 is 20.1 Å². The third-order valence-electron chi connectivity index (χ3n) is 4.24. The number of pyridine rings is 1. The minimum atomic E-state index is -4.76. The zero-order chi connectivity index (χ0) is 19.4. The van der Waals surface area contributed by atoms with Crippen LogP contribution in [-0.4, -0.2) is 42.1 Å². The minimum absolute atomic E-state index is 0.123. The molecule has 1 aromatic heterocycles. The Morgan fingerprint density at radius 1 is 1.30 bits per heavy atom. The summed E-state index contributed by atoms with van der Waals surface area (Å²) in [6, 6.07) is 6.59. The second kappa shape index (κ2) is 7.83. The van der Waals surface area contributed by atoms with Crippen molar-refractivity contribution in [3.05, 3.63) is 48.3 Å². The molecule has 1 fully saturated rings.